The minimum absolute atomic E-state index is 0.0601. The fourth-order valence-corrected chi connectivity index (χ4v) is 2.95. The van der Waals surface area contributed by atoms with Crippen molar-refractivity contribution in [3.8, 4) is 0 Å². The Morgan fingerprint density at radius 3 is 2.60 bits per heavy atom. The second-order valence-corrected chi connectivity index (χ2v) is 6.54. The standard InChI is InChI=1S/C11H6BrClF2N2O2S/c12-8-4-7(5-16-11(8)13)17-20(18,19)10-3-6(14)1-2-9(10)15/h1-5,17H. The molecule has 0 amide bonds. The van der Waals surface area contributed by atoms with Crippen LogP contribution in [0.2, 0.25) is 5.15 Å². The van der Waals surface area contributed by atoms with E-state index in [9.17, 15) is 17.2 Å². The Morgan fingerprint density at radius 1 is 1.25 bits per heavy atom. The molecule has 0 atom stereocenters. The van der Waals surface area contributed by atoms with Crippen LogP contribution < -0.4 is 4.72 Å². The molecule has 9 heteroatoms. The van der Waals surface area contributed by atoms with Crippen LogP contribution >= 0.6 is 27.5 Å². The fourth-order valence-electron chi connectivity index (χ4n) is 1.37. The van der Waals surface area contributed by atoms with Crippen molar-refractivity contribution in [1.29, 1.82) is 0 Å². The van der Waals surface area contributed by atoms with E-state index in [1.165, 1.54) is 6.07 Å². The summed E-state index contributed by atoms with van der Waals surface area (Å²) in [5.41, 5.74) is 0.0601. The fraction of sp³-hybridized carbons (Fsp3) is 0. The van der Waals surface area contributed by atoms with E-state index in [1.807, 2.05) is 0 Å². The van der Waals surface area contributed by atoms with Gasteiger partial charge in [0.2, 0.25) is 0 Å². The van der Waals surface area contributed by atoms with Gasteiger partial charge in [0.25, 0.3) is 10.0 Å². The van der Waals surface area contributed by atoms with Crippen molar-refractivity contribution in [3.63, 3.8) is 0 Å². The molecule has 0 aliphatic heterocycles. The summed E-state index contributed by atoms with van der Waals surface area (Å²) in [5.74, 6) is -1.91. The van der Waals surface area contributed by atoms with Crippen LogP contribution in [0.15, 0.2) is 39.8 Å². The van der Waals surface area contributed by atoms with Crippen molar-refractivity contribution in [1.82, 2.24) is 4.98 Å². The summed E-state index contributed by atoms with van der Waals surface area (Å²) in [7, 11) is -4.27. The number of halogens is 4. The average molecular weight is 384 g/mol. The van der Waals surface area contributed by atoms with Gasteiger partial charge in [-0.1, -0.05) is 11.6 Å². The number of hydrogen-bond donors (Lipinski definition) is 1. The topological polar surface area (TPSA) is 59.1 Å². The summed E-state index contributed by atoms with van der Waals surface area (Å²) in [5, 5.41) is 0.143. The number of aromatic nitrogens is 1. The monoisotopic (exact) mass is 382 g/mol. The molecule has 4 nitrogen and oxygen atoms in total. The van der Waals surface area contributed by atoms with Crippen LogP contribution in [-0.4, -0.2) is 13.4 Å². The lowest BCUT2D eigenvalue weighted by atomic mass is 10.3. The Morgan fingerprint density at radius 2 is 1.95 bits per heavy atom. The highest BCUT2D eigenvalue weighted by Gasteiger charge is 2.20. The SMILES string of the molecule is O=S(=O)(Nc1cnc(Cl)c(Br)c1)c1cc(F)ccc1F. The third kappa shape index (κ3) is 3.25. The van der Waals surface area contributed by atoms with Crippen LogP contribution in [0.5, 0.6) is 0 Å². The maximum absolute atomic E-state index is 13.5. The molecule has 0 saturated carbocycles. The number of nitrogens with one attached hydrogen (secondary N) is 1. The first kappa shape index (κ1) is 15.1. The second kappa shape index (κ2) is 5.63. The maximum atomic E-state index is 13.5. The first-order valence-electron chi connectivity index (χ1n) is 5.08. The first-order chi connectivity index (χ1) is 9.29. The normalized spacial score (nSPS) is 11.4. The molecule has 0 spiro atoms. The van der Waals surface area contributed by atoms with E-state index >= 15 is 0 Å². The highest BCUT2D eigenvalue weighted by molar-refractivity contribution is 9.10. The predicted molar refractivity (Wildman–Crippen MR) is 74.1 cm³/mol. The molecular formula is C11H6BrClF2N2O2S. The molecule has 1 aromatic heterocycles. The summed E-state index contributed by atoms with van der Waals surface area (Å²) < 4.78 is 52.9. The van der Waals surface area contributed by atoms with Crippen LogP contribution in [0.3, 0.4) is 0 Å². The lowest BCUT2D eigenvalue weighted by molar-refractivity contribution is 0.555. The van der Waals surface area contributed by atoms with E-state index in [4.69, 9.17) is 11.6 Å². The first-order valence-corrected chi connectivity index (χ1v) is 7.74. The van der Waals surface area contributed by atoms with Gasteiger partial charge in [0, 0.05) is 0 Å². The zero-order valence-electron chi connectivity index (χ0n) is 9.57. The van der Waals surface area contributed by atoms with Crippen LogP contribution in [0.25, 0.3) is 0 Å². The van der Waals surface area contributed by atoms with Gasteiger partial charge in [-0.25, -0.2) is 22.2 Å². The Labute approximate surface area is 127 Å². The van der Waals surface area contributed by atoms with Gasteiger partial charge in [-0.05, 0) is 40.2 Å². The predicted octanol–water partition coefficient (Wildman–Crippen LogP) is 3.58. The molecule has 1 N–H and O–H groups in total. The van der Waals surface area contributed by atoms with Crippen molar-refractivity contribution >= 4 is 43.2 Å². The van der Waals surface area contributed by atoms with Gasteiger partial charge < -0.3 is 0 Å². The van der Waals surface area contributed by atoms with Crippen LogP contribution in [0.1, 0.15) is 0 Å². The summed E-state index contributed by atoms with van der Waals surface area (Å²) in [4.78, 5) is 2.93. The van der Waals surface area contributed by atoms with Gasteiger partial charge >= 0.3 is 0 Å². The smallest absolute Gasteiger partial charge is 0.264 e. The van der Waals surface area contributed by atoms with E-state index < -0.39 is 26.6 Å². The molecule has 0 bridgehead atoms. The van der Waals surface area contributed by atoms with Crippen molar-refractivity contribution in [2.45, 2.75) is 4.90 Å². The lowest BCUT2D eigenvalue weighted by Gasteiger charge is -2.09. The van der Waals surface area contributed by atoms with Crippen molar-refractivity contribution in [2.24, 2.45) is 0 Å². The van der Waals surface area contributed by atoms with E-state index in [0.29, 0.717) is 10.5 Å². The zero-order valence-corrected chi connectivity index (χ0v) is 12.7. The molecule has 2 rings (SSSR count). The average Bonchev–Trinajstić information content (AvgIpc) is 2.36. The summed E-state index contributed by atoms with van der Waals surface area (Å²) >= 11 is 8.74. The van der Waals surface area contributed by atoms with Gasteiger partial charge in [-0.2, -0.15) is 0 Å². The number of pyridine rings is 1. The van der Waals surface area contributed by atoms with E-state index in [0.717, 1.165) is 18.3 Å². The molecule has 0 aliphatic rings. The van der Waals surface area contributed by atoms with E-state index in [1.54, 1.807) is 0 Å². The Hall–Kier alpha value is -1.25. The van der Waals surface area contributed by atoms with Gasteiger partial charge in [0.05, 0.1) is 16.4 Å². The molecule has 0 aliphatic carbocycles. The van der Waals surface area contributed by atoms with Crippen LogP contribution in [0.4, 0.5) is 14.5 Å². The third-order valence-electron chi connectivity index (χ3n) is 2.23. The number of hydrogen-bond acceptors (Lipinski definition) is 3. The van der Waals surface area contributed by atoms with E-state index in [2.05, 4.69) is 25.6 Å². The molecule has 0 saturated heterocycles. The van der Waals surface area contributed by atoms with Crippen LogP contribution in [-0.2, 0) is 10.0 Å². The molecule has 106 valence electrons. The summed E-state index contributed by atoms with van der Waals surface area (Å²) in [6.45, 7) is 0. The highest BCUT2D eigenvalue weighted by Crippen LogP contribution is 2.25. The quantitative estimate of drug-likeness (QED) is 0.824. The minimum Gasteiger partial charge on any atom is -0.278 e. The van der Waals surface area contributed by atoms with Crippen molar-refractivity contribution < 1.29 is 17.2 Å². The molecule has 1 heterocycles. The number of sulfonamides is 1. The Bertz CT molecular complexity index is 771. The highest BCUT2D eigenvalue weighted by atomic mass is 79.9. The summed E-state index contributed by atoms with van der Waals surface area (Å²) in [6.07, 6.45) is 1.15. The molecule has 2 aromatic rings. The number of nitrogens with zero attached hydrogens (tertiary/aromatic N) is 1. The number of anilines is 1. The van der Waals surface area contributed by atoms with Gasteiger partial charge in [0.1, 0.15) is 21.7 Å². The van der Waals surface area contributed by atoms with Crippen LogP contribution in [0, 0.1) is 11.6 Å². The van der Waals surface area contributed by atoms with Gasteiger partial charge in [0.15, 0.2) is 0 Å². The maximum Gasteiger partial charge on any atom is 0.264 e. The third-order valence-corrected chi connectivity index (χ3v) is 4.76. The zero-order chi connectivity index (χ0) is 14.9. The molecule has 0 radical (unpaired) electrons. The Kier molecular flexibility index (Phi) is 4.26. The van der Waals surface area contributed by atoms with Crippen molar-refractivity contribution in [3.05, 3.63) is 51.7 Å². The molecular weight excluding hydrogens is 378 g/mol. The lowest BCUT2D eigenvalue weighted by Crippen LogP contribution is -2.15. The van der Waals surface area contributed by atoms with E-state index in [-0.39, 0.29) is 10.8 Å². The van der Waals surface area contributed by atoms with Gasteiger partial charge in [-0.3, -0.25) is 4.72 Å². The second-order valence-electron chi connectivity index (χ2n) is 3.68. The minimum atomic E-state index is -4.27. The number of rotatable bonds is 3. The molecule has 1 aromatic carbocycles. The largest absolute Gasteiger partial charge is 0.278 e. The van der Waals surface area contributed by atoms with Crippen molar-refractivity contribution in [2.75, 3.05) is 4.72 Å². The molecule has 0 fully saturated rings. The Balaban J connectivity index is 2.40. The molecule has 20 heavy (non-hydrogen) atoms. The molecule has 0 unspecified atom stereocenters. The number of benzene rings is 1. The van der Waals surface area contributed by atoms with Gasteiger partial charge in [-0.15, -0.1) is 0 Å². The summed E-state index contributed by atoms with van der Waals surface area (Å²) in [6, 6.07) is 3.51.